The van der Waals surface area contributed by atoms with E-state index in [1.165, 1.54) is 0 Å². The van der Waals surface area contributed by atoms with Gasteiger partial charge >= 0.3 is 0 Å². The van der Waals surface area contributed by atoms with Crippen LogP contribution < -0.4 is 10.2 Å². The first-order valence-corrected chi connectivity index (χ1v) is 8.38. The molecule has 0 unspecified atom stereocenters. The van der Waals surface area contributed by atoms with Crippen LogP contribution in [0.25, 0.3) is 0 Å². The molecule has 0 saturated carbocycles. The summed E-state index contributed by atoms with van der Waals surface area (Å²) in [5.41, 5.74) is 2.74. The van der Waals surface area contributed by atoms with Crippen LogP contribution in [0.15, 0.2) is 78.9 Å². The fourth-order valence-electron chi connectivity index (χ4n) is 3.57. The summed E-state index contributed by atoms with van der Waals surface area (Å²) in [6.07, 6.45) is 0. The molecule has 4 nitrogen and oxygen atoms in total. The van der Waals surface area contributed by atoms with Crippen LogP contribution in [0.2, 0.25) is 0 Å². The summed E-state index contributed by atoms with van der Waals surface area (Å²) in [5, 5.41) is 12.8. The third-order valence-corrected chi connectivity index (χ3v) is 4.83. The van der Waals surface area contributed by atoms with E-state index >= 15 is 0 Å². The zero-order valence-corrected chi connectivity index (χ0v) is 14.3. The Kier molecular flexibility index (Phi) is 3.70. The molecule has 1 atom stereocenters. The molecule has 0 saturated heterocycles. The molecule has 1 amide bonds. The van der Waals surface area contributed by atoms with E-state index in [4.69, 9.17) is 0 Å². The van der Waals surface area contributed by atoms with Gasteiger partial charge in [0, 0.05) is 24.0 Å². The summed E-state index contributed by atoms with van der Waals surface area (Å²) in [7, 11) is 1.77. The molecular formula is C22H17N3O. The number of para-hydroxylation sites is 1. The van der Waals surface area contributed by atoms with Crippen molar-refractivity contribution in [2.75, 3.05) is 17.3 Å². The largest absolute Gasteiger partial charge is 0.364 e. The van der Waals surface area contributed by atoms with Gasteiger partial charge in [-0.2, -0.15) is 5.26 Å². The van der Waals surface area contributed by atoms with E-state index < -0.39 is 5.54 Å². The smallest absolute Gasteiger partial charge is 0.261 e. The lowest BCUT2D eigenvalue weighted by molar-refractivity contribution is -0.120. The van der Waals surface area contributed by atoms with Crippen LogP contribution in [0.4, 0.5) is 11.4 Å². The predicted octanol–water partition coefficient (Wildman–Crippen LogP) is 3.89. The van der Waals surface area contributed by atoms with Crippen LogP contribution in [-0.4, -0.2) is 13.0 Å². The van der Waals surface area contributed by atoms with Crippen molar-refractivity contribution in [2.45, 2.75) is 5.54 Å². The highest BCUT2D eigenvalue weighted by Gasteiger charge is 2.51. The monoisotopic (exact) mass is 339 g/mol. The minimum absolute atomic E-state index is 0.0716. The predicted molar refractivity (Wildman–Crippen MR) is 102 cm³/mol. The molecule has 1 aliphatic heterocycles. The van der Waals surface area contributed by atoms with E-state index in [-0.39, 0.29) is 5.91 Å². The molecule has 0 radical (unpaired) electrons. The first-order chi connectivity index (χ1) is 12.7. The Labute approximate surface area is 152 Å². The number of nitriles is 1. The molecule has 0 fully saturated rings. The second kappa shape index (κ2) is 6.05. The van der Waals surface area contributed by atoms with Crippen molar-refractivity contribution in [1.82, 2.24) is 0 Å². The molecule has 26 heavy (non-hydrogen) atoms. The Balaban J connectivity index is 2.01. The van der Waals surface area contributed by atoms with Crippen LogP contribution in [0.5, 0.6) is 0 Å². The minimum atomic E-state index is -1.07. The fraction of sp³-hybridized carbons (Fsp3) is 0.0909. The Morgan fingerprint density at radius 2 is 1.62 bits per heavy atom. The van der Waals surface area contributed by atoms with E-state index in [1.807, 2.05) is 66.7 Å². The number of nitrogens with zero attached hydrogens (tertiary/aromatic N) is 2. The number of nitrogens with one attached hydrogen (secondary N) is 1. The molecule has 0 aliphatic carbocycles. The van der Waals surface area contributed by atoms with Gasteiger partial charge < -0.3 is 10.2 Å². The minimum Gasteiger partial charge on any atom is -0.364 e. The first-order valence-electron chi connectivity index (χ1n) is 8.38. The molecule has 1 heterocycles. The standard InChI is InChI=1S/C22H17N3O/c1-25-20-13-12-16(15-23)14-19(20)22(21(25)26,17-8-4-2-5-9-17)24-18-10-6-3-7-11-18/h2-14,24H,1H3/t22-/m0/s1. The van der Waals surface area contributed by atoms with Gasteiger partial charge in [0.1, 0.15) is 0 Å². The lowest BCUT2D eigenvalue weighted by atomic mass is 9.83. The zero-order valence-electron chi connectivity index (χ0n) is 14.3. The number of amides is 1. The maximum Gasteiger partial charge on any atom is 0.261 e. The van der Waals surface area contributed by atoms with Gasteiger partial charge in [0.25, 0.3) is 5.91 Å². The highest BCUT2D eigenvalue weighted by atomic mass is 16.2. The van der Waals surface area contributed by atoms with Crippen LogP contribution in [-0.2, 0) is 10.3 Å². The third-order valence-electron chi connectivity index (χ3n) is 4.83. The van der Waals surface area contributed by atoms with Crippen LogP contribution in [0, 0.1) is 11.3 Å². The summed E-state index contributed by atoms with van der Waals surface area (Å²) < 4.78 is 0. The molecule has 1 N–H and O–H groups in total. The van der Waals surface area contributed by atoms with Crippen molar-refractivity contribution in [2.24, 2.45) is 0 Å². The van der Waals surface area contributed by atoms with Crippen LogP contribution >= 0.6 is 0 Å². The van der Waals surface area contributed by atoms with Crippen molar-refractivity contribution in [3.05, 3.63) is 95.6 Å². The van der Waals surface area contributed by atoms with E-state index in [0.29, 0.717) is 5.56 Å². The van der Waals surface area contributed by atoms with Crippen molar-refractivity contribution < 1.29 is 4.79 Å². The maximum atomic E-state index is 13.5. The quantitative estimate of drug-likeness (QED) is 0.787. The summed E-state index contributed by atoms with van der Waals surface area (Å²) in [6.45, 7) is 0. The number of fused-ring (bicyclic) bond motifs is 1. The number of rotatable bonds is 3. The summed E-state index contributed by atoms with van der Waals surface area (Å²) in [4.78, 5) is 15.1. The average Bonchev–Trinajstić information content (AvgIpc) is 2.91. The first kappa shape index (κ1) is 15.9. The topological polar surface area (TPSA) is 56.1 Å². The highest BCUT2D eigenvalue weighted by Crippen LogP contribution is 2.46. The molecule has 0 bridgehead atoms. The van der Waals surface area contributed by atoms with Crippen molar-refractivity contribution in [1.29, 1.82) is 5.26 Å². The van der Waals surface area contributed by atoms with Gasteiger partial charge in [-0.3, -0.25) is 4.79 Å². The van der Waals surface area contributed by atoms with Crippen LogP contribution in [0.3, 0.4) is 0 Å². The Morgan fingerprint density at radius 3 is 2.27 bits per heavy atom. The number of hydrogen-bond donors (Lipinski definition) is 1. The summed E-state index contributed by atoms with van der Waals surface area (Å²) in [5.74, 6) is -0.0716. The average molecular weight is 339 g/mol. The number of carbonyl (C=O) groups is 1. The molecule has 0 aromatic heterocycles. The third kappa shape index (κ3) is 2.26. The normalized spacial score (nSPS) is 18.3. The molecule has 4 rings (SSSR count). The fourth-order valence-corrected chi connectivity index (χ4v) is 3.57. The second-order valence-corrected chi connectivity index (χ2v) is 6.31. The number of carbonyl (C=O) groups excluding carboxylic acids is 1. The number of anilines is 2. The summed E-state index contributed by atoms with van der Waals surface area (Å²) in [6, 6.07) is 26.9. The Bertz CT molecular complexity index is 1010. The van der Waals surface area contributed by atoms with Gasteiger partial charge in [0.2, 0.25) is 0 Å². The molecule has 3 aromatic rings. The number of benzene rings is 3. The zero-order chi connectivity index (χ0) is 18.1. The molecular weight excluding hydrogens is 322 g/mol. The van der Waals surface area contributed by atoms with E-state index in [9.17, 15) is 10.1 Å². The number of likely N-dealkylation sites (N-methyl/N-ethyl adjacent to an activating group) is 1. The molecule has 0 spiro atoms. The Morgan fingerprint density at radius 1 is 0.962 bits per heavy atom. The van der Waals surface area contributed by atoms with Crippen molar-refractivity contribution in [3.63, 3.8) is 0 Å². The van der Waals surface area contributed by atoms with Crippen LogP contribution in [0.1, 0.15) is 16.7 Å². The van der Waals surface area contributed by atoms with Crippen molar-refractivity contribution >= 4 is 17.3 Å². The summed E-state index contributed by atoms with van der Waals surface area (Å²) >= 11 is 0. The maximum absolute atomic E-state index is 13.5. The number of hydrogen-bond acceptors (Lipinski definition) is 3. The SMILES string of the molecule is CN1C(=O)[C@](Nc2ccccc2)(c2ccccc2)c2cc(C#N)ccc21. The van der Waals surface area contributed by atoms with E-state index in [1.54, 1.807) is 24.1 Å². The van der Waals surface area contributed by atoms with Gasteiger partial charge in [0.15, 0.2) is 5.54 Å². The Hall–Kier alpha value is -3.58. The second-order valence-electron chi connectivity index (χ2n) is 6.31. The lowest BCUT2D eigenvalue weighted by Gasteiger charge is -2.31. The van der Waals surface area contributed by atoms with Gasteiger partial charge in [-0.1, -0.05) is 48.5 Å². The van der Waals surface area contributed by atoms with E-state index in [0.717, 1.165) is 22.5 Å². The van der Waals surface area contributed by atoms with E-state index in [2.05, 4.69) is 11.4 Å². The molecule has 126 valence electrons. The highest BCUT2D eigenvalue weighted by molar-refractivity contribution is 6.11. The van der Waals surface area contributed by atoms with Gasteiger partial charge in [0.05, 0.1) is 11.6 Å². The van der Waals surface area contributed by atoms with Gasteiger partial charge in [-0.15, -0.1) is 0 Å². The van der Waals surface area contributed by atoms with Gasteiger partial charge in [-0.05, 0) is 35.9 Å². The molecule has 1 aliphatic rings. The lowest BCUT2D eigenvalue weighted by Crippen LogP contribution is -2.46. The van der Waals surface area contributed by atoms with Gasteiger partial charge in [-0.25, -0.2) is 0 Å². The van der Waals surface area contributed by atoms with Crippen molar-refractivity contribution in [3.8, 4) is 6.07 Å². The molecule has 4 heteroatoms. The molecule has 3 aromatic carbocycles.